The van der Waals surface area contributed by atoms with Crippen molar-refractivity contribution in [3.63, 3.8) is 0 Å². The molecule has 1 aliphatic carbocycles. The van der Waals surface area contributed by atoms with Gasteiger partial charge in [-0.25, -0.2) is 4.79 Å². The molecule has 1 aliphatic rings. The van der Waals surface area contributed by atoms with Gasteiger partial charge in [-0.05, 0) is 26.7 Å². The molecule has 0 bridgehead atoms. The van der Waals surface area contributed by atoms with Gasteiger partial charge in [-0.2, -0.15) is 5.10 Å². The van der Waals surface area contributed by atoms with Crippen molar-refractivity contribution in [2.45, 2.75) is 38.8 Å². The average molecular weight is 280 g/mol. The van der Waals surface area contributed by atoms with E-state index in [1.807, 2.05) is 36.7 Å². The van der Waals surface area contributed by atoms with Gasteiger partial charge in [0.25, 0.3) is 0 Å². The Labute approximate surface area is 120 Å². The molecule has 0 spiro atoms. The zero-order valence-corrected chi connectivity index (χ0v) is 12.7. The summed E-state index contributed by atoms with van der Waals surface area (Å²) in [4.78, 5) is 14.2. The average Bonchev–Trinajstić information content (AvgIpc) is 3.18. The van der Waals surface area contributed by atoms with E-state index >= 15 is 0 Å². The van der Waals surface area contributed by atoms with E-state index < -0.39 is 0 Å². The maximum absolute atomic E-state index is 12.4. The van der Waals surface area contributed by atoms with Gasteiger partial charge in [0.05, 0.1) is 18.8 Å². The Bertz CT molecular complexity index is 468. The highest BCUT2D eigenvalue weighted by atomic mass is 16.5. The van der Waals surface area contributed by atoms with Crippen LogP contribution in [0.5, 0.6) is 0 Å². The number of carbonyl (C=O) groups is 1. The lowest BCUT2D eigenvalue weighted by Gasteiger charge is -2.25. The number of hydrogen-bond acceptors (Lipinski definition) is 3. The number of ether oxygens (including phenoxy) is 1. The van der Waals surface area contributed by atoms with Crippen molar-refractivity contribution in [3.8, 4) is 0 Å². The van der Waals surface area contributed by atoms with Crippen molar-refractivity contribution in [2.75, 3.05) is 20.3 Å². The quantitative estimate of drug-likeness (QED) is 0.861. The Morgan fingerprint density at radius 1 is 1.65 bits per heavy atom. The number of carbonyl (C=O) groups excluding carboxylic acids is 1. The molecule has 1 saturated carbocycles. The molecule has 112 valence electrons. The molecule has 1 atom stereocenters. The van der Waals surface area contributed by atoms with E-state index in [2.05, 4.69) is 10.4 Å². The number of aryl methyl sites for hydroxylation is 1. The smallest absolute Gasteiger partial charge is 0.318 e. The molecule has 1 aromatic rings. The van der Waals surface area contributed by atoms with E-state index in [0.29, 0.717) is 19.2 Å². The fourth-order valence-corrected chi connectivity index (χ4v) is 2.31. The number of amides is 2. The number of hydrogen-bond donors (Lipinski definition) is 1. The first-order chi connectivity index (χ1) is 9.54. The maximum Gasteiger partial charge on any atom is 0.318 e. The fraction of sp³-hybridized carbons (Fsp3) is 0.714. The Morgan fingerprint density at radius 2 is 2.35 bits per heavy atom. The van der Waals surface area contributed by atoms with Crippen LogP contribution in [0.25, 0.3) is 0 Å². The minimum absolute atomic E-state index is 0.0136. The molecule has 6 nitrogen and oxygen atoms in total. The third kappa shape index (κ3) is 3.30. The third-order valence-corrected chi connectivity index (χ3v) is 3.86. The number of nitrogens with zero attached hydrogens (tertiary/aromatic N) is 3. The first-order valence-corrected chi connectivity index (χ1v) is 7.09. The van der Waals surface area contributed by atoms with E-state index in [1.165, 1.54) is 0 Å². The second-order valence-electron chi connectivity index (χ2n) is 5.40. The summed E-state index contributed by atoms with van der Waals surface area (Å²) in [7, 11) is 3.56. The summed E-state index contributed by atoms with van der Waals surface area (Å²) in [6, 6.07) is 0.327. The van der Waals surface area contributed by atoms with Gasteiger partial charge in [-0.1, -0.05) is 0 Å². The monoisotopic (exact) mass is 280 g/mol. The summed E-state index contributed by atoms with van der Waals surface area (Å²) in [5, 5.41) is 7.28. The molecule has 2 amide bonds. The largest absolute Gasteiger partial charge is 0.383 e. The summed E-state index contributed by atoms with van der Waals surface area (Å²) in [6.45, 7) is 5.22. The third-order valence-electron chi connectivity index (χ3n) is 3.86. The number of rotatable bonds is 6. The lowest BCUT2D eigenvalue weighted by molar-refractivity contribution is 0.145. The molecule has 0 aliphatic heterocycles. The molecule has 1 fully saturated rings. The maximum atomic E-state index is 12.4. The molecule has 2 rings (SSSR count). The van der Waals surface area contributed by atoms with Crippen LogP contribution in [0.1, 0.15) is 37.1 Å². The van der Waals surface area contributed by atoms with Gasteiger partial charge in [0.2, 0.25) is 0 Å². The molecule has 1 N–H and O–H groups in total. The molecule has 6 heteroatoms. The predicted octanol–water partition coefficient (Wildman–Crippen LogP) is 1.61. The van der Waals surface area contributed by atoms with Gasteiger partial charge in [0, 0.05) is 38.0 Å². The van der Waals surface area contributed by atoms with Gasteiger partial charge >= 0.3 is 6.03 Å². The molecule has 0 aromatic carbocycles. The summed E-state index contributed by atoms with van der Waals surface area (Å²) < 4.78 is 6.90. The summed E-state index contributed by atoms with van der Waals surface area (Å²) in [6.07, 6.45) is 4.01. The van der Waals surface area contributed by atoms with Crippen molar-refractivity contribution >= 4 is 6.03 Å². The predicted molar refractivity (Wildman–Crippen MR) is 76.5 cm³/mol. The van der Waals surface area contributed by atoms with E-state index in [-0.39, 0.29) is 12.1 Å². The van der Waals surface area contributed by atoms with Gasteiger partial charge in [0.15, 0.2) is 0 Å². The molecule has 0 saturated heterocycles. The minimum atomic E-state index is -0.0417. The van der Waals surface area contributed by atoms with Crippen LogP contribution in [0, 0.1) is 6.92 Å². The van der Waals surface area contributed by atoms with E-state index in [4.69, 9.17) is 4.74 Å². The number of nitrogens with one attached hydrogen (secondary N) is 1. The zero-order valence-electron chi connectivity index (χ0n) is 12.7. The molecule has 1 heterocycles. The van der Waals surface area contributed by atoms with Crippen molar-refractivity contribution in [1.29, 1.82) is 0 Å². The van der Waals surface area contributed by atoms with Crippen LogP contribution in [-0.2, 0) is 11.8 Å². The second kappa shape index (κ2) is 6.26. The SMILES string of the molecule is COCCN(C(=O)NC(C)c1cnn(C)c1C)C1CC1. The van der Waals surface area contributed by atoms with Crippen molar-refractivity contribution in [2.24, 2.45) is 7.05 Å². The van der Waals surface area contributed by atoms with Crippen molar-refractivity contribution < 1.29 is 9.53 Å². The van der Waals surface area contributed by atoms with Crippen LogP contribution in [0.2, 0.25) is 0 Å². The standard InChI is InChI=1S/C14H24N4O2/c1-10(13-9-15-17(3)11(13)2)16-14(19)18(7-8-20-4)12-5-6-12/h9-10,12H,5-8H2,1-4H3,(H,16,19). The van der Waals surface area contributed by atoms with E-state index in [9.17, 15) is 4.79 Å². The van der Waals surface area contributed by atoms with Gasteiger partial charge in [-0.15, -0.1) is 0 Å². The summed E-state index contributed by atoms with van der Waals surface area (Å²) in [5.74, 6) is 0. The normalized spacial score (nSPS) is 16.0. The van der Waals surface area contributed by atoms with Crippen LogP contribution in [-0.4, -0.2) is 47.0 Å². The Balaban J connectivity index is 1.96. The topological polar surface area (TPSA) is 59.4 Å². The molecule has 1 unspecified atom stereocenters. The Kier molecular flexibility index (Phi) is 4.65. The summed E-state index contributed by atoms with van der Waals surface area (Å²) in [5.41, 5.74) is 2.14. The van der Waals surface area contributed by atoms with Crippen LogP contribution >= 0.6 is 0 Å². The first-order valence-electron chi connectivity index (χ1n) is 7.09. The number of aromatic nitrogens is 2. The van der Waals surface area contributed by atoms with E-state index in [1.54, 1.807) is 7.11 Å². The Morgan fingerprint density at radius 3 is 2.85 bits per heavy atom. The van der Waals surface area contributed by atoms with Crippen LogP contribution in [0.3, 0.4) is 0 Å². The minimum Gasteiger partial charge on any atom is -0.383 e. The van der Waals surface area contributed by atoms with Gasteiger partial charge < -0.3 is 15.0 Å². The van der Waals surface area contributed by atoms with Gasteiger partial charge in [-0.3, -0.25) is 4.68 Å². The Hall–Kier alpha value is -1.56. The molecular weight excluding hydrogens is 256 g/mol. The molecular formula is C14H24N4O2. The number of urea groups is 1. The highest BCUT2D eigenvalue weighted by Crippen LogP contribution is 2.27. The molecule has 1 aromatic heterocycles. The molecule has 20 heavy (non-hydrogen) atoms. The van der Waals surface area contributed by atoms with E-state index in [0.717, 1.165) is 24.1 Å². The van der Waals surface area contributed by atoms with Crippen LogP contribution < -0.4 is 5.32 Å². The first kappa shape index (κ1) is 14.8. The lowest BCUT2D eigenvalue weighted by atomic mass is 10.1. The second-order valence-corrected chi connectivity index (χ2v) is 5.40. The highest BCUT2D eigenvalue weighted by molar-refractivity contribution is 5.75. The van der Waals surface area contributed by atoms with Gasteiger partial charge in [0.1, 0.15) is 0 Å². The fourth-order valence-electron chi connectivity index (χ4n) is 2.31. The summed E-state index contributed by atoms with van der Waals surface area (Å²) >= 11 is 0. The zero-order chi connectivity index (χ0) is 14.7. The highest BCUT2D eigenvalue weighted by Gasteiger charge is 2.33. The number of methoxy groups -OCH3 is 1. The van der Waals surface area contributed by atoms with Crippen molar-refractivity contribution in [1.82, 2.24) is 20.0 Å². The molecule has 0 radical (unpaired) electrons. The van der Waals surface area contributed by atoms with Crippen LogP contribution in [0.15, 0.2) is 6.20 Å². The van der Waals surface area contributed by atoms with Crippen molar-refractivity contribution in [3.05, 3.63) is 17.5 Å². The lowest BCUT2D eigenvalue weighted by Crippen LogP contribution is -2.44. The van der Waals surface area contributed by atoms with Crippen LogP contribution in [0.4, 0.5) is 4.79 Å².